The molecule has 8 heteroatoms. The summed E-state index contributed by atoms with van der Waals surface area (Å²) in [5, 5.41) is 8.75. The van der Waals surface area contributed by atoms with E-state index in [1.807, 2.05) is 0 Å². The van der Waals surface area contributed by atoms with Gasteiger partial charge in [-0.25, -0.2) is 13.2 Å². The molecule has 0 radical (unpaired) electrons. The summed E-state index contributed by atoms with van der Waals surface area (Å²) in [5.41, 5.74) is 0.413. The number of nitrogens with one attached hydrogen (secondary N) is 1. The highest BCUT2D eigenvalue weighted by atomic mass is 79.9. The van der Waals surface area contributed by atoms with Crippen LogP contribution < -0.4 is 4.72 Å². The smallest absolute Gasteiger partial charge is 0.335 e. The van der Waals surface area contributed by atoms with Gasteiger partial charge in [0.05, 0.1) is 9.35 Å². The first-order chi connectivity index (χ1) is 8.88. The summed E-state index contributed by atoms with van der Waals surface area (Å²) in [6.07, 6.45) is 0. The Kier molecular flexibility index (Phi) is 3.93. The lowest BCUT2D eigenvalue weighted by Crippen LogP contribution is -2.11. The van der Waals surface area contributed by atoms with Crippen LogP contribution in [0.25, 0.3) is 0 Å². The van der Waals surface area contributed by atoms with E-state index in [1.54, 1.807) is 6.07 Å². The minimum atomic E-state index is -3.63. The second-order valence-corrected chi connectivity index (χ2v) is 7.92. The SMILES string of the molecule is O=C(O)c1ccc(NS(=O)(=O)c2ccc(Br)s2)cc1. The topological polar surface area (TPSA) is 83.5 Å². The quantitative estimate of drug-likeness (QED) is 0.876. The number of hydrogen-bond donors (Lipinski definition) is 2. The van der Waals surface area contributed by atoms with Gasteiger partial charge in [-0.15, -0.1) is 11.3 Å². The van der Waals surface area contributed by atoms with Gasteiger partial charge in [0, 0.05) is 5.69 Å². The monoisotopic (exact) mass is 361 g/mol. The van der Waals surface area contributed by atoms with Crippen molar-refractivity contribution in [2.75, 3.05) is 4.72 Å². The van der Waals surface area contributed by atoms with Crippen molar-refractivity contribution in [1.82, 2.24) is 0 Å². The van der Waals surface area contributed by atoms with Gasteiger partial charge in [0.2, 0.25) is 0 Å². The van der Waals surface area contributed by atoms with Gasteiger partial charge >= 0.3 is 5.97 Å². The molecule has 1 aromatic carbocycles. The molecule has 0 aliphatic rings. The maximum atomic E-state index is 12.0. The number of halogens is 1. The predicted octanol–water partition coefficient (Wildman–Crippen LogP) is 3.01. The molecule has 1 aromatic heterocycles. The third kappa shape index (κ3) is 3.34. The molecule has 0 amide bonds. The highest BCUT2D eigenvalue weighted by Gasteiger charge is 2.16. The zero-order chi connectivity index (χ0) is 14.0. The molecule has 0 aliphatic carbocycles. The third-order valence-corrected chi connectivity index (χ3v) is 5.69. The standard InChI is InChI=1S/C11H8BrNO4S2/c12-9-5-6-10(18-9)19(16,17)13-8-3-1-7(2-4-8)11(14)15/h1-6,13H,(H,14,15). The molecule has 0 unspecified atom stereocenters. The second-order valence-electron chi connectivity index (χ2n) is 3.55. The van der Waals surface area contributed by atoms with Gasteiger partial charge in [-0.2, -0.15) is 0 Å². The van der Waals surface area contributed by atoms with Crippen molar-refractivity contribution in [3.63, 3.8) is 0 Å². The molecule has 0 aliphatic heterocycles. The number of rotatable bonds is 4. The van der Waals surface area contributed by atoms with E-state index in [9.17, 15) is 13.2 Å². The van der Waals surface area contributed by atoms with E-state index in [-0.39, 0.29) is 9.77 Å². The van der Waals surface area contributed by atoms with Gasteiger partial charge < -0.3 is 5.11 Å². The number of carbonyl (C=O) groups is 1. The van der Waals surface area contributed by atoms with Crippen molar-refractivity contribution >= 4 is 48.9 Å². The van der Waals surface area contributed by atoms with E-state index in [2.05, 4.69) is 20.7 Å². The van der Waals surface area contributed by atoms with E-state index in [1.165, 1.54) is 30.3 Å². The van der Waals surface area contributed by atoms with Crippen LogP contribution in [0.15, 0.2) is 44.4 Å². The maximum Gasteiger partial charge on any atom is 0.335 e. The van der Waals surface area contributed by atoms with Crippen molar-refractivity contribution in [3.8, 4) is 0 Å². The number of carboxylic acids is 1. The second kappa shape index (κ2) is 5.32. The summed E-state index contributed by atoms with van der Waals surface area (Å²) in [6.45, 7) is 0. The first kappa shape index (κ1) is 14.0. The minimum absolute atomic E-state index is 0.0989. The van der Waals surface area contributed by atoms with E-state index in [0.29, 0.717) is 9.47 Å². The lowest BCUT2D eigenvalue weighted by molar-refractivity contribution is 0.0697. The Morgan fingerprint density at radius 3 is 2.26 bits per heavy atom. The number of anilines is 1. The Morgan fingerprint density at radius 1 is 1.16 bits per heavy atom. The summed E-state index contributed by atoms with van der Waals surface area (Å²) >= 11 is 4.29. The first-order valence-electron chi connectivity index (χ1n) is 5.00. The normalized spacial score (nSPS) is 11.2. The highest BCUT2D eigenvalue weighted by Crippen LogP contribution is 2.27. The van der Waals surface area contributed by atoms with Gasteiger partial charge in [-0.05, 0) is 52.3 Å². The number of benzene rings is 1. The Bertz CT molecular complexity index is 707. The van der Waals surface area contributed by atoms with Gasteiger partial charge in [0.25, 0.3) is 10.0 Å². The van der Waals surface area contributed by atoms with E-state index < -0.39 is 16.0 Å². The Labute approximate surface area is 122 Å². The Morgan fingerprint density at radius 2 is 1.79 bits per heavy atom. The number of carboxylic acid groups (broad SMARTS) is 1. The van der Waals surface area contributed by atoms with Crippen LogP contribution in [-0.2, 0) is 10.0 Å². The molecule has 19 heavy (non-hydrogen) atoms. The first-order valence-corrected chi connectivity index (χ1v) is 8.09. The molecule has 5 nitrogen and oxygen atoms in total. The van der Waals surface area contributed by atoms with Crippen molar-refractivity contribution in [1.29, 1.82) is 0 Å². The fraction of sp³-hybridized carbons (Fsp3) is 0. The van der Waals surface area contributed by atoms with Crippen molar-refractivity contribution < 1.29 is 18.3 Å². The molecule has 0 atom stereocenters. The average molecular weight is 362 g/mol. The predicted molar refractivity (Wildman–Crippen MR) is 76.2 cm³/mol. The molecule has 2 rings (SSSR count). The van der Waals surface area contributed by atoms with Crippen LogP contribution in [0.4, 0.5) is 5.69 Å². The summed E-state index contributed by atoms with van der Waals surface area (Å²) in [6, 6.07) is 8.62. The molecule has 2 aromatic rings. The van der Waals surface area contributed by atoms with Gasteiger partial charge in [-0.3, -0.25) is 4.72 Å². The van der Waals surface area contributed by atoms with E-state index in [4.69, 9.17) is 5.11 Å². The molecule has 0 saturated heterocycles. The number of hydrogen-bond acceptors (Lipinski definition) is 4. The van der Waals surface area contributed by atoms with Gasteiger partial charge in [0.15, 0.2) is 0 Å². The molecular formula is C11H8BrNO4S2. The van der Waals surface area contributed by atoms with Crippen LogP contribution in [0.3, 0.4) is 0 Å². The average Bonchev–Trinajstić information content (AvgIpc) is 2.77. The molecule has 0 fully saturated rings. The Hall–Kier alpha value is -1.38. The van der Waals surface area contributed by atoms with E-state index in [0.717, 1.165) is 11.3 Å². The maximum absolute atomic E-state index is 12.0. The van der Waals surface area contributed by atoms with Crippen molar-refractivity contribution in [2.45, 2.75) is 4.21 Å². The summed E-state index contributed by atoms with van der Waals surface area (Å²) in [4.78, 5) is 10.7. The van der Waals surface area contributed by atoms with Crippen molar-refractivity contribution in [3.05, 3.63) is 45.7 Å². The number of thiophene rings is 1. The van der Waals surface area contributed by atoms with Gasteiger partial charge in [0.1, 0.15) is 4.21 Å². The largest absolute Gasteiger partial charge is 0.478 e. The summed E-state index contributed by atoms with van der Waals surface area (Å²) < 4.78 is 27.3. The zero-order valence-corrected chi connectivity index (χ0v) is 12.5. The lowest BCUT2D eigenvalue weighted by atomic mass is 10.2. The van der Waals surface area contributed by atoms with Crippen LogP contribution in [0, 0.1) is 0 Å². The molecule has 100 valence electrons. The van der Waals surface area contributed by atoms with Crippen LogP contribution in [-0.4, -0.2) is 19.5 Å². The fourth-order valence-corrected chi connectivity index (χ4v) is 4.40. The summed E-state index contributed by atoms with van der Waals surface area (Å²) in [7, 11) is -3.63. The van der Waals surface area contributed by atoms with Crippen LogP contribution >= 0.6 is 27.3 Å². The van der Waals surface area contributed by atoms with Crippen LogP contribution in [0.1, 0.15) is 10.4 Å². The van der Waals surface area contributed by atoms with E-state index >= 15 is 0 Å². The molecular weight excluding hydrogens is 354 g/mol. The molecule has 1 heterocycles. The minimum Gasteiger partial charge on any atom is -0.478 e. The lowest BCUT2D eigenvalue weighted by Gasteiger charge is -2.06. The Balaban J connectivity index is 2.23. The fourth-order valence-electron chi connectivity index (χ4n) is 1.33. The molecule has 0 spiro atoms. The summed E-state index contributed by atoms with van der Waals surface area (Å²) in [5.74, 6) is -1.06. The molecule has 0 saturated carbocycles. The highest BCUT2D eigenvalue weighted by molar-refractivity contribution is 9.11. The zero-order valence-electron chi connectivity index (χ0n) is 9.33. The van der Waals surface area contributed by atoms with Crippen molar-refractivity contribution in [2.24, 2.45) is 0 Å². The van der Waals surface area contributed by atoms with Gasteiger partial charge in [-0.1, -0.05) is 0 Å². The van der Waals surface area contributed by atoms with Crippen LogP contribution in [0.2, 0.25) is 0 Å². The van der Waals surface area contributed by atoms with Crippen LogP contribution in [0.5, 0.6) is 0 Å². The molecule has 2 N–H and O–H groups in total. The number of sulfonamides is 1. The molecule has 0 bridgehead atoms. The number of aromatic carboxylic acids is 1. The third-order valence-electron chi connectivity index (χ3n) is 2.20.